The Morgan fingerprint density at radius 2 is 1.83 bits per heavy atom. The van der Waals surface area contributed by atoms with Crippen molar-refractivity contribution in [3.63, 3.8) is 0 Å². The van der Waals surface area contributed by atoms with Crippen LogP contribution in [0.2, 0.25) is 0 Å². The molecule has 1 aliphatic heterocycles. The van der Waals surface area contributed by atoms with Crippen molar-refractivity contribution in [1.29, 1.82) is 0 Å². The number of anilines is 2. The maximum absolute atomic E-state index is 13.0. The molecular formula is C22H25N3O4. The van der Waals surface area contributed by atoms with Crippen LogP contribution in [0.5, 0.6) is 0 Å². The zero-order valence-electron chi connectivity index (χ0n) is 16.6. The lowest BCUT2D eigenvalue weighted by Crippen LogP contribution is -2.31. The van der Waals surface area contributed by atoms with Crippen molar-refractivity contribution < 1.29 is 19.1 Å². The minimum atomic E-state index is -0.450. The molecule has 29 heavy (non-hydrogen) atoms. The number of methoxy groups -OCH3 is 1. The quantitative estimate of drug-likeness (QED) is 0.781. The van der Waals surface area contributed by atoms with Gasteiger partial charge in [-0.3, -0.25) is 14.4 Å². The van der Waals surface area contributed by atoms with Crippen LogP contribution in [-0.4, -0.2) is 56.5 Å². The summed E-state index contributed by atoms with van der Waals surface area (Å²) in [6.45, 7) is 1.26. The van der Waals surface area contributed by atoms with Crippen LogP contribution < -0.4 is 10.2 Å². The molecule has 1 unspecified atom stereocenters. The molecule has 152 valence electrons. The van der Waals surface area contributed by atoms with E-state index in [1.54, 1.807) is 43.3 Å². The van der Waals surface area contributed by atoms with Crippen molar-refractivity contribution in [2.75, 3.05) is 44.1 Å². The van der Waals surface area contributed by atoms with E-state index in [9.17, 15) is 14.4 Å². The summed E-state index contributed by atoms with van der Waals surface area (Å²) in [6, 6.07) is 16.2. The minimum Gasteiger partial charge on any atom is -0.383 e. The summed E-state index contributed by atoms with van der Waals surface area (Å²) in [7, 11) is 3.27. The summed E-state index contributed by atoms with van der Waals surface area (Å²) in [4.78, 5) is 41.0. The second kappa shape index (κ2) is 9.34. The van der Waals surface area contributed by atoms with Gasteiger partial charge in [0.05, 0.1) is 23.8 Å². The lowest BCUT2D eigenvalue weighted by Gasteiger charge is -2.20. The molecule has 0 aliphatic carbocycles. The first kappa shape index (κ1) is 20.5. The highest BCUT2D eigenvalue weighted by molar-refractivity contribution is 6.11. The molecule has 2 aromatic rings. The number of carbonyl (C=O) groups is 3. The Bertz CT molecular complexity index is 885. The SMILES string of the molecule is COCCN1CC(C(=O)Nc2ccccc2C(=O)N(C)c2ccccc2)CC1=O. The molecule has 7 nitrogen and oxygen atoms in total. The molecular weight excluding hydrogens is 370 g/mol. The van der Waals surface area contributed by atoms with Crippen molar-refractivity contribution >= 4 is 29.1 Å². The number of nitrogens with zero attached hydrogens (tertiary/aromatic N) is 2. The highest BCUT2D eigenvalue weighted by Gasteiger charge is 2.34. The first-order valence-electron chi connectivity index (χ1n) is 9.51. The second-order valence-corrected chi connectivity index (χ2v) is 6.97. The molecule has 1 N–H and O–H groups in total. The van der Waals surface area contributed by atoms with Crippen LogP contribution in [0.1, 0.15) is 16.8 Å². The maximum Gasteiger partial charge on any atom is 0.260 e. The summed E-state index contributed by atoms with van der Waals surface area (Å²) in [5, 5.41) is 2.84. The Labute approximate surface area is 170 Å². The maximum atomic E-state index is 13.0. The number of rotatable bonds is 7. The summed E-state index contributed by atoms with van der Waals surface area (Å²) < 4.78 is 5.01. The number of para-hydroxylation sites is 2. The molecule has 0 bridgehead atoms. The van der Waals surface area contributed by atoms with Gasteiger partial charge >= 0.3 is 0 Å². The van der Waals surface area contributed by atoms with E-state index in [2.05, 4.69) is 5.32 Å². The Morgan fingerprint density at radius 3 is 2.55 bits per heavy atom. The normalized spacial score (nSPS) is 16.0. The van der Waals surface area contributed by atoms with Gasteiger partial charge in [0.15, 0.2) is 0 Å². The van der Waals surface area contributed by atoms with E-state index in [0.717, 1.165) is 5.69 Å². The molecule has 2 aromatic carbocycles. The van der Waals surface area contributed by atoms with E-state index in [0.29, 0.717) is 30.9 Å². The fourth-order valence-corrected chi connectivity index (χ4v) is 3.33. The van der Waals surface area contributed by atoms with Crippen molar-refractivity contribution in [2.45, 2.75) is 6.42 Å². The third kappa shape index (κ3) is 4.81. The third-order valence-electron chi connectivity index (χ3n) is 5.01. The molecule has 1 heterocycles. The average Bonchev–Trinajstić information content (AvgIpc) is 3.13. The lowest BCUT2D eigenvalue weighted by molar-refractivity contribution is -0.128. The number of amides is 3. The Morgan fingerprint density at radius 1 is 1.14 bits per heavy atom. The van der Waals surface area contributed by atoms with Gasteiger partial charge in [0.1, 0.15) is 0 Å². The molecule has 3 rings (SSSR count). The summed E-state index contributed by atoms with van der Waals surface area (Å²) in [6.07, 6.45) is 0.162. The van der Waals surface area contributed by atoms with E-state index in [4.69, 9.17) is 4.74 Å². The second-order valence-electron chi connectivity index (χ2n) is 6.97. The molecule has 1 atom stereocenters. The number of ether oxygens (including phenoxy) is 1. The van der Waals surface area contributed by atoms with Crippen molar-refractivity contribution in [3.8, 4) is 0 Å². The predicted octanol–water partition coefficient (Wildman–Crippen LogP) is 2.40. The molecule has 0 radical (unpaired) electrons. The molecule has 0 spiro atoms. The first-order chi connectivity index (χ1) is 14.0. The van der Waals surface area contributed by atoms with Crippen LogP contribution in [0.4, 0.5) is 11.4 Å². The van der Waals surface area contributed by atoms with Crippen LogP contribution >= 0.6 is 0 Å². The fraction of sp³-hybridized carbons (Fsp3) is 0.318. The zero-order valence-corrected chi connectivity index (χ0v) is 16.6. The van der Waals surface area contributed by atoms with Crippen LogP contribution in [0, 0.1) is 5.92 Å². The lowest BCUT2D eigenvalue weighted by atomic mass is 10.1. The minimum absolute atomic E-state index is 0.0598. The standard InChI is InChI=1S/C22H25N3O4/c1-24(17-8-4-3-5-9-17)22(28)18-10-6-7-11-19(18)23-21(27)16-14-20(26)25(15-16)12-13-29-2/h3-11,16H,12-15H2,1-2H3,(H,23,27). The molecule has 7 heteroatoms. The number of benzene rings is 2. The Hall–Kier alpha value is -3.19. The van der Waals surface area contributed by atoms with Gasteiger partial charge in [-0.05, 0) is 24.3 Å². The van der Waals surface area contributed by atoms with Gasteiger partial charge in [-0.1, -0.05) is 30.3 Å². The van der Waals surface area contributed by atoms with Crippen molar-refractivity contribution in [2.24, 2.45) is 5.92 Å². The molecule has 1 fully saturated rings. The molecule has 0 aromatic heterocycles. The third-order valence-corrected chi connectivity index (χ3v) is 5.01. The van der Waals surface area contributed by atoms with Crippen LogP contribution in [0.15, 0.2) is 54.6 Å². The van der Waals surface area contributed by atoms with E-state index in [1.165, 1.54) is 4.90 Å². The molecule has 1 aliphatic rings. The van der Waals surface area contributed by atoms with E-state index in [1.807, 2.05) is 30.3 Å². The Balaban J connectivity index is 1.72. The van der Waals surface area contributed by atoms with Crippen molar-refractivity contribution in [3.05, 3.63) is 60.2 Å². The van der Waals surface area contributed by atoms with E-state index >= 15 is 0 Å². The van der Waals surface area contributed by atoms with Gasteiger partial charge in [0, 0.05) is 39.4 Å². The highest BCUT2D eigenvalue weighted by atomic mass is 16.5. The summed E-state index contributed by atoms with van der Waals surface area (Å²) in [5.41, 5.74) is 1.59. The molecule has 0 saturated carbocycles. The smallest absolute Gasteiger partial charge is 0.260 e. The number of carbonyl (C=O) groups excluding carboxylic acids is 3. The number of likely N-dealkylation sites (tertiary alicyclic amines) is 1. The van der Waals surface area contributed by atoms with Crippen LogP contribution in [0.3, 0.4) is 0 Å². The van der Waals surface area contributed by atoms with Crippen molar-refractivity contribution in [1.82, 2.24) is 4.90 Å². The van der Waals surface area contributed by atoms with E-state index < -0.39 is 5.92 Å². The van der Waals surface area contributed by atoms with Gasteiger partial charge in [-0.2, -0.15) is 0 Å². The van der Waals surface area contributed by atoms with Gasteiger partial charge in [-0.15, -0.1) is 0 Å². The van der Waals surface area contributed by atoms with Gasteiger partial charge < -0.3 is 19.9 Å². The van der Waals surface area contributed by atoms with Crippen LogP contribution in [-0.2, 0) is 14.3 Å². The monoisotopic (exact) mass is 395 g/mol. The highest BCUT2D eigenvalue weighted by Crippen LogP contribution is 2.24. The zero-order chi connectivity index (χ0) is 20.8. The average molecular weight is 395 g/mol. The number of hydrogen-bond donors (Lipinski definition) is 1. The molecule has 3 amide bonds. The fourth-order valence-electron chi connectivity index (χ4n) is 3.33. The largest absolute Gasteiger partial charge is 0.383 e. The van der Waals surface area contributed by atoms with Crippen LogP contribution in [0.25, 0.3) is 0 Å². The van der Waals surface area contributed by atoms with Gasteiger partial charge in [-0.25, -0.2) is 0 Å². The first-order valence-corrected chi connectivity index (χ1v) is 9.51. The predicted molar refractivity (Wildman–Crippen MR) is 111 cm³/mol. The van der Waals surface area contributed by atoms with Gasteiger partial charge in [0.25, 0.3) is 5.91 Å². The Kier molecular flexibility index (Phi) is 6.61. The topological polar surface area (TPSA) is 79.0 Å². The summed E-state index contributed by atoms with van der Waals surface area (Å²) >= 11 is 0. The number of nitrogens with one attached hydrogen (secondary N) is 1. The molecule has 1 saturated heterocycles. The number of hydrogen-bond acceptors (Lipinski definition) is 4. The van der Waals surface area contributed by atoms with Gasteiger partial charge in [0.2, 0.25) is 11.8 Å². The van der Waals surface area contributed by atoms with E-state index in [-0.39, 0.29) is 24.1 Å². The summed E-state index contributed by atoms with van der Waals surface area (Å²) in [5.74, 6) is -0.998.